The van der Waals surface area contributed by atoms with Crippen LogP contribution in [-0.2, 0) is 4.79 Å². The number of carbonyl (C=O) groups is 2. The summed E-state index contributed by atoms with van der Waals surface area (Å²) in [6.07, 6.45) is 0. The highest BCUT2D eigenvalue weighted by Crippen LogP contribution is 2.19. The summed E-state index contributed by atoms with van der Waals surface area (Å²) in [5.41, 5.74) is 6.57. The number of nitrogens with two attached hydrogens (primary N) is 1. The van der Waals surface area contributed by atoms with Crippen LogP contribution >= 0.6 is 15.9 Å². The maximum atomic E-state index is 12.1. The van der Waals surface area contributed by atoms with E-state index in [4.69, 9.17) is 5.73 Å². The number of nitrogens with zero attached hydrogens (tertiary/aromatic N) is 1. The number of amides is 2. The number of nitrogen functional groups attached to an aromatic ring is 1. The van der Waals surface area contributed by atoms with Gasteiger partial charge in [0.15, 0.2) is 0 Å². The molecule has 0 aromatic heterocycles. The third kappa shape index (κ3) is 4.55. The van der Waals surface area contributed by atoms with Crippen LogP contribution in [0, 0.1) is 0 Å². The lowest BCUT2D eigenvalue weighted by Gasteiger charge is -2.18. The first-order valence-corrected chi connectivity index (χ1v) is 6.70. The molecule has 2 amide bonds. The molecule has 0 spiro atoms. The predicted octanol–water partition coefficient (Wildman–Crippen LogP) is 1.63. The van der Waals surface area contributed by atoms with Gasteiger partial charge in [-0.2, -0.15) is 0 Å². The Morgan fingerprint density at radius 2 is 2.05 bits per heavy atom. The summed E-state index contributed by atoms with van der Waals surface area (Å²) in [6.45, 7) is 3.74. The van der Waals surface area contributed by atoms with Crippen molar-refractivity contribution in [2.75, 3.05) is 19.3 Å². The molecule has 1 aromatic carbocycles. The molecule has 0 atom stereocenters. The van der Waals surface area contributed by atoms with Crippen LogP contribution in [0.5, 0.6) is 0 Å². The summed E-state index contributed by atoms with van der Waals surface area (Å²) in [5, 5.41) is 2.73. The van der Waals surface area contributed by atoms with Crippen molar-refractivity contribution in [1.29, 1.82) is 0 Å². The van der Waals surface area contributed by atoms with E-state index in [1.807, 2.05) is 13.8 Å². The van der Waals surface area contributed by atoms with Crippen molar-refractivity contribution >= 4 is 33.4 Å². The lowest BCUT2D eigenvalue weighted by molar-refractivity contribution is -0.122. The van der Waals surface area contributed by atoms with Crippen LogP contribution in [0.15, 0.2) is 22.7 Å². The molecule has 104 valence electrons. The summed E-state index contributed by atoms with van der Waals surface area (Å²) in [7, 11) is 1.57. The van der Waals surface area contributed by atoms with Crippen molar-refractivity contribution in [3.63, 3.8) is 0 Å². The second-order valence-electron chi connectivity index (χ2n) is 4.62. The van der Waals surface area contributed by atoms with Gasteiger partial charge in [0.25, 0.3) is 5.91 Å². The van der Waals surface area contributed by atoms with Crippen molar-refractivity contribution in [3.8, 4) is 0 Å². The van der Waals surface area contributed by atoms with E-state index in [9.17, 15) is 9.59 Å². The van der Waals surface area contributed by atoms with Crippen molar-refractivity contribution in [2.24, 2.45) is 0 Å². The standard InChI is InChI=1S/C13H18BrN3O2/c1-8(2)16-12(18)7-17(3)13(19)10-5-4-9(14)6-11(10)15/h4-6,8H,7,15H2,1-3H3,(H,16,18). The lowest BCUT2D eigenvalue weighted by Crippen LogP contribution is -2.41. The zero-order chi connectivity index (χ0) is 14.6. The van der Waals surface area contributed by atoms with Crippen molar-refractivity contribution < 1.29 is 9.59 Å². The molecule has 1 rings (SSSR count). The molecule has 0 aliphatic rings. The number of hydrogen-bond donors (Lipinski definition) is 2. The second-order valence-corrected chi connectivity index (χ2v) is 5.53. The maximum Gasteiger partial charge on any atom is 0.256 e. The Morgan fingerprint density at radius 3 is 2.58 bits per heavy atom. The highest BCUT2D eigenvalue weighted by molar-refractivity contribution is 9.10. The largest absolute Gasteiger partial charge is 0.398 e. The van der Waals surface area contributed by atoms with E-state index in [1.165, 1.54) is 4.90 Å². The first-order chi connectivity index (χ1) is 8.81. The fraction of sp³-hybridized carbons (Fsp3) is 0.385. The van der Waals surface area contributed by atoms with Gasteiger partial charge in [0.2, 0.25) is 5.91 Å². The van der Waals surface area contributed by atoms with Gasteiger partial charge < -0.3 is 16.0 Å². The predicted molar refractivity (Wildman–Crippen MR) is 78.8 cm³/mol. The van der Waals surface area contributed by atoms with Crippen LogP contribution < -0.4 is 11.1 Å². The summed E-state index contributed by atoms with van der Waals surface area (Å²) in [4.78, 5) is 25.1. The number of halogens is 1. The molecule has 5 nitrogen and oxygen atoms in total. The Morgan fingerprint density at radius 1 is 1.42 bits per heavy atom. The number of nitrogens with one attached hydrogen (secondary N) is 1. The molecule has 1 aromatic rings. The average molecular weight is 328 g/mol. The lowest BCUT2D eigenvalue weighted by atomic mass is 10.1. The molecule has 0 heterocycles. The molecule has 0 saturated heterocycles. The number of anilines is 1. The van der Waals surface area contributed by atoms with Gasteiger partial charge in [-0.1, -0.05) is 15.9 Å². The Bertz CT molecular complexity index is 489. The number of hydrogen-bond acceptors (Lipinski definition) is 3. The highest BCUT2D eigenvalue weighted by atomic mass is 79.9. The van der Waals surface area contributed by atoms with Gasteiger partial charge in [0.05, 0.1) is 12.1 Å². The molecule has 0 aliphatic carbocycles. The van der Waals surface area contributed by atoms with Gasteiger partial charge in [0, 0.05) is 23.2 Å². The fourth-order valence-corrected chi connectivity index (χ4v) is 1.97. The molecular formula is C13H18BrN3O2. The molecule has 0 fully saturated rings. The van der Waals surface area contributed by atoms with Gasteiger partial charge >= 0.3 is 0 Å². The third-order valence-electron chi connectivity index (χ3n) is 2.42. The molecule has 3 N–H and O–H groups in total. The number of likely N-dealkylation sites (N-methyl/N-ethyl adjacent to an activating group) is 1. The van der Waals surface area contributed by atoms with Gasteiger partial charge in [0.1, 0.15) is 0 Å². The van der Waals surface area contributed by atoms with Crippen LogP contribution in [0.3, 0.4) is 0 Å². The topological polar surface area (TPSA) is 75.4 Å². The van der Waals surface area contributed by atoms with Crippen LogP contribution in [0.4, 0.5) is 5.69 Å². The Labute approximate surface area is 121 Å². The van der Waals surface area contributed by atoms with Gasteiger partial charge in [-0.3, -0.25) is 9.59 Å². The molecule has 19 heavy (non-hydrogen) atoms. The maximum absolute atomic E-state index is 12.1. The fourth-order valence-electron chi connectivity index (χ4n) is 1.59. The van der Waals surface area contributed by atoms with Crippen molar-refractivity contribution in [2.45, 2.75) is 19.9 Å². The van der Waals surface area contributed by atoms with Crippen LogP contribution in [-0.4, -0.2) is 36.3 Å². The van der Waals surface area contributed by atoms with E-state index >= 15 is 0 Å². The highest BCUT2D eigenvalue weighted by Gasteiger charge is 2.17. The van der Waals surface area contributed by atoms with Gasteiger partial charge in [-0.05, 0) is 32.0 Å². The Balaban J connectivity index is 2.74. The van der Waals surface area contributed by atoms with Crippen molar-refractivity contribution in [1.82, 2.24) is 10.2 Å². The van der Waals surface area contributed by atoms with E-state index in [-0.39, 0.29) is 24.4 Å². The smallest absolute Gasteiger partial charge is 0.256 e. The molecule has 0 radical (unpaired) electrons. The van der Waals surface area contributed by atoms with E-state index in [1.54, 1.807) is 25.2 Å². The molecule has 0 bridgehead atoms. The van der Waals surface area contributed by atoms with E-state index in [0.29, 0.717) is 11.3 Å². The third-order valence-corrected chi connectivity index (χ3v) is 2.91. The van der Waals surface area contributed by atoms with E-state index in [2.05, 4.69) is 21.2 Å². The number of carbonyl (C=O) groups excluding carboxylic acids is 2. The number of rotatable bonds is 4. The summed E-state index contributed by atoms with van der Waals surface area (Å²) >= 11 is 3.28. The van der Waals surface area contributed by atoms with E-state index in [0.717, 1.165) is 4.47 Å². The minimum Gasteiger partial charge on any atom is -0.398 e. The minimum atomic E-state index is -0.274. The molecule has 0 saturated carbocycles. The summed E-state index contributed by atoms with van der Waals surface area (Å²) in [5.74, 6) is -0.467. The minimum absolute atomic E-state index is 0.00647. The molecular weight excluding hydrogens is 310 g/mol. The average Bonchev–Trinajstić information content (AvgIpc) is 2.26. The van der Waals surface area contributed by atoms with Gasteiger partial charge in [-0.15, -0.1) is 0 Å². The monoisotopic (exact) mass is 327 g/mol. The SMILES string of the molecule is CC(C)NC(=O)CN(C)C(=O)c1ccc(Br)cc1N. The Hall–Kier alpha value is -1.56. The molecule has 0 aliphatic heterocycles. The summed E-state index contributed by atoms with van der Waals surface area (Å²) in [6, 6.07) is 5.09. The normalized spacial score (nSPS) is 10.4. The zero-order valence-corrected chi connectivity index (χ0v) is 12.8. The quantitative estimate of drug-likeness (QED) is 0.825. The first kappa shape index (κ1) is 15.5. The van der Waals surface area contributed by atoms with Gasteiger partial charge in [-0.25, -0.2) is 0 Å². The van der Waals surface area contributed by atoms with E-state index < -0.39 is 0 Å². The zero-order valence-electron chi connectivity index (χ0n) is 11.2. The molecule has 0 unspecified atom stereocenters. The van der Waals surface area contributed by atoms with Crippen molar-refractivity contribution in [3.05, 3.63) is 28.2 Å². The molecule has 6 heteroatoms. The van der Waals surface area contributed by atoms with Crippen LogP contribution in [0.2, 0.25) is 0 Å². The summed E-state index contributed by atoms with van der Waals surface area (Å²) < 4.78 is 0.807. The first-order valence-electron chi connectivity index (χ1n) is 5.91. The second kappa shape index (κ2) is 6.56. The number of benzene rings is 1. The van der Waals surface area contributed by atoms with Crippen LogP contribution in [0.1, 0.15) is 24.2 Å². The Kier molecular flexibility index (Phi) is 5.35. The van der Waals surface area contributed by atoms with Crippen LogP contribution in [0.25, 0.3) is 0 Å².